The Morgan fingerprint density at radius 1 is 1.33 bits per heavy atom. The average Bonchev–Trinajstić information content (AvgIpc) is 2.44. The molecule has 0 saturated heterocycles. The van der Waals surface area contributed by atoms with Crippen molar-refractivity contribution in [1.29, 1.82) is 0 Å². The molecule has 0 spiro atoms. The van der Waals surface area contributed by atoms with Crippen LogP contribution in [0.3, 0.4) is 0 Å². The van der Waals surface area contributed by atoms with Crippen LogP contribution in [0.1, 0.15) is 24.2 Å². The lowest BCUT2D eigenvalue weighted by molar-refractivity contribution is -0.385. The van der Waals surface area contributed by atoms with E-state index in [0.717, 1.165) is 5.56 Å². The topological polar surface area (TPSA) is 72.6 Å². The first kappa shape index (κ1) is 15.3. The maximum Gasteiger partial charge on any atom is 0.270 e. The van der Waals surface area contributed by atoms with Crippen LogP contribution in [-0.2, 0) is 6.61 Å². The molecule has 0 saturated carbocycles. The van der Waals surface area contributed by atoms with Crippen LogP contribution in [0.4, 0.5) is 5.69 Å². The third-order valence-corrected chi connectivity index (χ3v) is 3.17. The fraction of sp³-hybridized carbons (Fsp3) is 0.200. The number of hydrogen-bond donors (Lipinski definition) is 1. The highest BCUT2D eigenvalue weighted by Gasteiger charge is 2.15. The van der Waals surface area contributed by atoms with Gasteiger partial charge in [0.1, 0.15) is 12.4 Å². The van der Waals surface area contributed by atoms with E-state index in [-0.39, 0.29) is 12.3 Å². The lowest BCUT2D eigenvalue weighted by atomic mass is 10.1. The molecule has 1 unspecified atom stereocenters. The first-order valence-corrected chi connectivity index (χ1v) is 6.69. The van der Waals surface area contributed by atoms with E-state index in [1.54, 1.807) is 12.1 Å². The number of rotatable bonds is 5. The number of halogens is 1. The highest BCUT2D eigenvalue weighted by Crippen LogP contribution is 2.30. The molecule has 0 aromatic heterocycles. The fourth-order valence-electron chi connectivity index (χ4n) is 1.90. The van der Waals surface area contributed by atoms with Crippen molar-refractivity contribution in [1.82, 2.24) is 0 Å². The van der Waals surface area contributed by atoms with Crippen molar-refractivity contribution >= 4 is 17.3 Å². The maximum atomic E-state index is 10.8. The van der Waals surface area contributed by atoms with E-state index >= 15 is 0 Å². The monoisotopic (exact) mass is 307 g/mol. The number of nitro benzene ring substituents is 1. The number of hydrogen-bond acceptors (Lipinski definition) is 4. The largest absolute Gasteiger partial charge is 0.489 e. The number of ether oxygens (including phenoxy) is 1. The second-order valence-electron chi connectivity index (χ2n) is 4.57. The zero-order valence-electron chi connectivity index (χ0n) is 11.3. The Bertz CT molecular complexity index is 658. The smallest absolute Gasteiger partial charge is 0.270 e. The Kier molecular flexibility index (Phi) is 4.77. The summed E-state index contributed by atoms with van der Waals surface area (Å²) in [5.41, 5.74) is 1.17. The molecular formula is C15H14ClNO4. The maximum absolute atomic E-state index is 10.8. The number of aliphatic hydroxyl groups excluding tert-OH is 1. The number of non-ortho nitro benzene ring substituents is 1. The third kappa shape index (κ3) is 3.93. The molecule has 2 aromatic carbocycles. The summed E-state index contributed by atoms with van der Waals surface area (Å²) in [7, 11) is 0. The van der Waals surface area contributed by atoms with Crippen LogP contribution in [0.25, 0.3) is 0 Å². The lowest BCUT2D eigenvalue weighted by Gasteiger charge is -2.13. The average molecular weight is 308 g/mol. The molecule has 1 N–H and O–H groups in total. The van der Waals surface area contributed by atoms with Gasteiger partial charge in [-0.05, 0) is 30.7 Å². The van der Waals surface area contributed by atoms with Gasteiger partial charge in [-0.2, -0.15) is 0 Å². The van der Waals surface area contributed by atoms with E-state index in [1.165, 1.54) is 25.1 Å². The van der Waals surface area contributed by atoms with Crippen LogP contribution in [0.5, 0.6) is 5.75 Å². The minimum Gasteiger partial charge on any atom is -0.489 e. The summed E-state index contributed by atoms with van der Waals surface area (Å²) < 4.78 is 5.63. The zero-order chi connectivity index (χ0) is 15.4. The second-order valence-corrected chi connectivity index (χ2v) is 5.01. The van der Waals surface area contributed by atoms with Crippen LogP contribution in [0.2, 0.25) is 5.02 Å². The molecule has 21 heavy (non-hydrogen) atoms. The van der Waals surface area contributed by atoms with E-state index in [1.807, 2.05) is 12.1 Å². The molecule has 0 aliphatic rings. The summed E-state index contributed by atoms with van der Waals surface area (Å²) in [6.07, 6.45) is -0.862. The third-order valence-electron chi connectivity index (χ3n) is 2.94. The molecular weight excluding hydrogens is 294 g/mol. The molecule has 0 aliphatic carbocycles. The molecule has 0 radical (unpaired) electrons. The molecule has 6 heteroatoms. The van der Waals surface area contributed by atoms with Gasteiger partial charge in [0.2, 0.25) is 0 Å². The summed E-state index contributed by atoms with van der Waals surface area (Å²) in [5, 5.41) is 21.1. The van der Waals surface area contributed by atoms with Gasteiger partial charge in [0, 0.05) is 22.7 Å². The molecule has 0 bridgehead atoms. The highest BCUT2D eigenvalue weighted by atomic mass is 35.5. The fourth-order valence-corrected chi connectivity index (χ4v) is 2.11. The van der Waals surface area contributed by atoms with Crippen LogP contribution >= 0.6 is 11.6 Å². The van der Waals surface area contributed by atoms with E-state index < -0.39 is 11.0 Å². The molecule has 0 heterocycles. The van der Waals surface area contributed by atoms with Gasteiger partial charge in [0.15, 0.2) is 0 Å². The van der Waals surface area contributed by atoms with Gasteiger partial charge < -0.3 is 9.84 Å². The standard InChI is InChI=1S/C15H14ClNO4/c1-10(18)14-8-13(17(19)20)5-6-15(14)21-9-11-3-2-4-12(16)7-11/h2-8,10,18H,9H2,1H3. The van der Waals surface area contributed by atoms with Crippen molar-refractivity contribution < 1.29 is 14.8 Å². The van der Waals surface area contributed by atoms with Crippen LogP contribution < -0.4 is 4.74 Å². The number of nitrogens with zero attached hydrogens (tertiary/aromatic N) is 1. The minimum atomic E-state index is -0.862. The second kappa shape index (κ2) is 6.56. The molecule has 0 fully saturated rings. The lowest BCUT2D eigenvalue weighted by Crippen LogP contribution is -2.02. The Morgan fingerprint density at radius 2 is 2.10 bits per heavy atom. The van der Waals surface area contributed by atoms with E-state index in [4.69, 9.17) is 16.3 Å². The van der Waals surface area contributed by atoms with Gasteiger partial charge >= 0.3 is 0 Å². The molecule has 5 nitrogen and oxygen atoms in total. The summed E-state index contributed by atoms with van der Waals surface area (Å²) in [6.45, 7) is 1.80. The molecule has 1 atom stereocenters. The first-order valence-electron chi connectivity index (χ1n) is 6.31. The quantitative estimate of drug-likeness (QED) is 0.672. The predicted molar refractivity (Wildman–Crippen MR) is 79.5 cm³/mol. The van der Waals surface area contributed by atoms with Gasteiger partial charge in [-0.3, -0.25) is 10.1 Å². The van der Waals surface area contributed by atoms with Crippen molar-refractivity contribution in [2.75, 3.05) is 0 Å². The summed E-state index contributed by atoms with van der Waals surface area (Å²) in [4.78, 5) is 10.3. The first-order chi connectivity index (χ1) is 9.97. The van der Waals surface area contributed by atoms with Crippen LogP contribution in [-0.4, -0.2) is 10.0 Å². The Hall–Kier alpha value is -2.11. The van der Waals surface area contributed by atoms with E-state index in [0.29, 0.717) is 16.3 Å². The number of benzene rings is 2. The summed E-state index contributed by atoms with van der Waals surface area (Å²) >= 11 is 5.89. The van der Waals surface area contributed by atoms with Crippen LogP contribution in [0, 0.1) is 10.1 Å². The minimum absolute atomic E-state index is 0.0824. The number of aliphatic hydroxyl groups is 1. The van der Waals surface area contributed by atoms with Gasteiger partial charge in [-0.1, -0.05) is 23.7 Å². The zero-order valence-corrected chi connectivity index (χ0v) is 12.1. The molecule has 110 valence electrons. The molecule has 0 amide bonds. The van der Waals surface area contributed by atoms with E-state index in [9.17, 15) is 15.2 Å². The van der Waals surface area contributed by atoms with Crippen molar-refractivity contribution in [3.05, 3.63) is 68.7 Å². The SMILES string of the molecule is CC(O)c1cc([N+](=O)[O-])ccc1OCc1cccc(Cl)c1. The van der Waals surface area contributed by atoms with Crippen molar-refractivity contribution in [2.24, 2.45) is 0 Å². The normalized spacial score (nSPS) is 12.0. The predicted octanol–water partition coefficient (Wildman–Crippen LogP) is 3.88. The van der Waals surface area contributed by atoms with Crippen LogP contribution in [0.15, 0.2) is 42.5 Å². The Morgan fingerprint density at radius 3 is 2.71 bits per heavy atom. The Labute approximate surface area is 126 Å². The highest BCUT2D eigenvalue weighted by molar-refractivity contribution is 6.30. The molecule has 0 aliphatic heterocycles. The molecule has 2 aromatic rings. The van der Waals surface area contributed by atoms with Crippen molar-refractivity contribution in [2.45, 2.75) is 19.6 Å². The van der Waals surface area contributed by atoms with E-state index in [2.05, 4.69) is 0 Å². The summed E-state index contributed by atoms with van der Waals surface area (Å²) in [6, 6.07) is 11.4. The van der Waals surface area contributed by atoms with Crippen molar-refractivity contribution in [3.63, 3.8) is 0 Å². The van der Waals surface area contributed by atoms with Crippen molar-refractivity contribution in [3.8, 4) is 5.75 Å². The number of nitro groups is 1. The molecule has 2 rings (SSSR count). The van der Waals surface area contributed by atoms with Gasteiger partial charge in [-0.15, -0.1) is 0 Å². The Balaban J connectivity index is 2.21. The van der Waals surface area contributed by atoms with Gasteiger partial charge in [0.05, 0.1) is 11.0 Å². The summed E-state index contributed by atoms with van der Waals surface area (Å²) in [5.74, 6) is 0.413. The van der Waals surface area contributed by atoms with Gasteiger partial charge in [0.25, 0.3) is 5.69 Å². The van der Waals surface area contributed by atoms with Gasteiger partial charge in [-0.25, -0.2) is 0 Å².